The van der Waals surface area contributed by atoms with Gasteiger partial charge in [0.15, 0.2) is 11.9 Å². The largest absolute Gasteiger partial charge is 0.458 e. The molecule has 1 unspecified atom stereocenters. The van der Waals surface area contributed by atoms with Gasteiger partial charge in [0.2, 0.25) is 0 Å². The summed E-state index contributed by atoms with van der Waals surface area (Å²) in [5.41, 5.74) is 0.467. The van der Waals surface area contributed by atoms with Crippen LogP contribution < -0.4 is 0 Å². The molecule has 18 heavy (non-hydrogen) atoms. The molecule has 0 saturated carbocycles. The summed E-state index contributed by atoms with van der Waals surface area (Å²) in [7, 11) is 2.97. The van der Waals surface area contributed by atoms with E-state index in [1.165, 1.54) is 14.2 Å². The van der Waals surface area contributed by atoms with Crippen LogP contribution in [0, 0.1) is 6.92 Å². The first kappa shape index (κ1) is 13.1. The number of benzene rings is 1. The number of aliphatic hydroxyl groups is 1. The number of hydrogen-bond donors (Lipinski definition) is 1. The van der Waals surface area contributed by atoms with Crippen LogP contribution in [0.25, 0.3) is 11.0 Å². The predicted octanol–water partition coefficient (Wildman–Crippen LogP) is 2.57. The molecule has 1 aromatic carbocycles. The third kappa shape index (κ3) is 2.03. The number of para-hydroxylation sites is 1. The number of rotatable bonds is 4. The molecule has 0 amide bonds. The molecule has 98 valence electrons. The fraction of sp³-hybridized carbons (Fsp3) is 0.429. The maximum atomic E-state index is 10.5. The molecule has 1 atom stereocenters. The van der Waals surface area contributed by atoms with E-state index in [4.69, 9.17) is 13.9 Å². The van der Waals surface area contributed by atoms with Crippen molar-refractivity contribution in [1.29, 1.82) is 0 Å². The Kier molecular flexibility index (Phi) is 3.43. The summed E-state index contributed by atoms with van der Waals surface area (Å²) in [6.07, 6.45) is -0.779. The molecule has 2 aromatic rings. The fourth-order valence-corrected chi connectivity index (χ4v) is 2.13. The Balaban J connectivity index is 2.50. The molecule has 1 N–H and O–H groups in total. The molecular formula is C14H18O4. The number of methoxy groups -OCH3 is 2. The molecule has 0 fully saturated rings. The van der Waals surface area contributed by atoms with Crippen molar-refractivity contribution in [3.05, 3.63) is 35.6 Å². The normalized spacial score (nSPS) is 15.2. The van der Waals surface area contributed by atoms with Crippen LogP contribution in [0.3, 0.4) is 0 Å². The van der Waals surface area contributed by atoms with E-state index in [2.05, 4.69) is 0 Å². The van der Waals surface area contributed by atoms with Crippen LogP contribution in [-0.4, -0.2) is 25.6 Å². The lowest BCUT2D eigenvalue weighted by molar-refractivity contribution is -0.218. The maximum Gasteiger partial charge on any atom is 0.192 e. The zero-order valence-electron chi connectivity index (χ0n) is 11.1. The number of hydrogen-bond acceptors (Lipinski definition) is 4. The van der Waals surface area contributed by atoms with Gasteiger partial charge in [-0.3, -0.25) is 0 Å². The van der Waals surface area contributed by atoms with E-state index in [9.17, 15) is 5.11 Å². The second kappa shape index (κ2) is 4.72. The van der Waals surface area contributed by atoms with Crippen LogP contribution in [0.1, 0.15) is 18.2 Å². The van der Waals surface area contributed by atoms with Gasteiger partial charge in [0.1, 0.15) is 11.3 Å². The smallest absolute Gasteiger partial charge is 0.192 e. The minimum Gasteiger partial charge on any atom is -0.458 e. The zero-order valence-corrected chi connectivity index (χ0v) is 11.1. The summed E-state index contributed by atoms with van der Waals surface area (Å²) in [5.74, 6) is 0.431. The summed E-state index contributed by atoms with van der Waals surface area (Å²) in [6, 6.07) is 7.68. The Morgan fingerprint density at radius 1 is 1.28 bits per heavy atom. The van der Waals surface area contributed by atoms with Crippen LogP contribution in [0.15, 0.2) is 28.7 Å². The van der Waals surface area contributed by atoms with E-state index in [1.54, 1.807) is 6.92 Å². The number of ether oxygens (including phenoxy) is 2. The molecule has 0 aliphatic heterocycles. The van der Waals surface area contributed by atoms with Gasteiger partial charge in [0.25, 0.3) is 0 Å². The Morgan fingerprint density at radius 2 is 1.94 bits per heavy atom. The molecule has 0 saturated heterocycles. The van der Waals surface area contributed by atoms with Crippen molar-refractivity contribution in [2.75, 3.05) is 14.2 Å². The van der Waals surface area contributed by atoms with Gasteiger partial charge >= 0.3 is 0 Å². The molecule has 4 heteroatoms. The third-order valence-electron chi connectivity index (χ3n) is 3.13. The van der Waals surface area contributed by atoms with E-state index in [0.717, 1.165) is 16.5 Å². The monoisotopic (exact) mass is 250 g/mol. The van der Waals surface area contributed by atoms with Crippen molar-refractivity contribution in [3.8, 4) is 0 Å². The van der Waals surface area contributed by atoms with Gasteiger partial charge in [-0.2, -0.15) is 0 Å². The summed E-state index contributed by atoms with van der Waals surface area (Å²) in [4.78, 5) is 0. The maximum absolute atomic E-state index is 10.5. The van der Waals surface area contributed by atoms with Crippen molar-refractivity contribution >= 4 is 11.0 Å². The van der Waals surface area contributed by atoms with Gasteiger partial charge in [-0.25, -0.2) is 0 Å². The highest BCUT2D eigenvalue weighted by atomic mass is 16.7. The average Bonchev–Trinajstić information content (AvgIpc) is 2.76. The molecule has 0 radical (unpaired) electrons. The molecular weight excluding hydrogens is 232 g/mol. The van der Waals surface area contributed by atoms with E-state index in [1.807, 2.05) is 31.2 Å². The minimum atomic E-state index is -1.34. The molecule has 1 heterocycles. The van der Waals surface area contributed by atoms with Crippen molar-refractivity contribution in [1.82, 2.24) is 0 Å². The lowest BCUT2D eigenvalue weighted by Gasteiger charge is -2.28. The van der Waals surface area contributed by atoms with Gasteiger partial charge in [0.05, 0.1) is 0 Å². The highest BCUT2D eigenvalue weighted by Gasteiger charge is 2.37. The molecule has 2 rings (SSSR count). The standard InChI is InChI=1S/C14H18O4/c1-9-6-5-7-10-8-11(18-12(9)10)14(2,15)13(16-3)17-4/h5-8,13,15H,1-4H3. The van der Waals surface area contributed by atoms with Crippen LogP contribution in [-0.2, 0) is 15.1 Å². The Morgan fingerprint density at radius 3 is 2.50 bits per heavy atom. The van der Waals surface area contributed by atoms with Crippen LogP contribution in [0.2, 0.25) is 0 Å². The van der Waals surface area contributed by atoms with Crippen molar-refractivity contribution in [3.63, 3.8) is 0 Å². The minimum absolute atomic E-state index is 0.431. The van der Waals surface area contributed by atoms with Crippen LogP contribution >= 0.6 is 0 Å². The predicted molar refractivity (Wildman–Crippen MR) is 68.3 cm³/mol. The van der Waals surface area contributed by atoms with Gasteiger partial charge in [-0.05, 0) is 25.5 Å². The summed E-state index contributed by atoms with van der Waals surface area (Å²) < 4.78 is 16.0. The number of aryl methyl sites for hydroxylation is 1. The molecule has 1 aromatic heterocycles. The van der Waals surface area contributed by atoms with E-state index < -0.39 is 11.9 Å². The second-order valence-corrected chi connectivity index (χ2v) is 4.55. The SMILES string of the molecule is COC(OC)C(C)(O)c1cc2cccc(C)c2o1. The van der Waals surface area contributed by atoms with E-state index >= 15 is 0 Å². The Bertz CT molecular complexity index is 538. The fourth-order valence-electron chi connectivity index (χ4n) is 2.13. The first-order valence-electron chi connectivity index (χ1n) is 5.78. The molecule has 0 aliphatic rings. The Labute approximate surface area is 106 Å². The Hall–Kier alpha value is -1.36. The number of furan rings is 1. The van der Waals surface area contributed by atoms with Gasteiger partial charge in [-0.1, -0.05) is 18.2 Å². The topological polar surface area (TPSA) is 51.8 Å². The summed E-state index contributed by atoms with van der Waals surface area (Å²) in [6.45, 7) is 3.58. The van der Waals surface area contributed by atoms with Crippen molar-refractivity contribution < 1.29 is 19.0 Å². The highest BCUT2D eigenvalue weighted by Crippen LogP contribution is 2.32. The van der Waals surface area contributed by atoms with E-state index in [0.29, 0.717) is 5.76 Å². The van der Waals surface area contributed by atoms with Gasteiger partial charge < -0.3 is 19.0 Å². The van der Waals surface area contributed by atoms with Crippen molar-refractivity contribution in [2.45, 2.75) is 25.7 Å². The summed E-state index contributed by atoms with van der Waals surface area (Å²) >= 11 is 0. The third-order valence-corrected chi connectivity index (χ3v) is 3.13. The number of fused-ring (bicyclic) bond motifs is 1. The van der Waals surface area contributed by atoms with Crippen LogP contribution in [0.4, 0.5) is 0 Å². The lowest BCUT2D eigenvalue weighted by atomic mass is 10.0. The second-order valence-electron chi connectivity index (χ2n) is 4.55. The first-order chi connectivity index (χ1) is 8.50. The lowest BCUT2D eigenvalue weighted by Crippen LogP contribution is -2.38. The van der Waals surface area contributed by atoms with Crippen molar-refractivity contribution in [2.24, 2.45) is 0 Å². The van der Waals surface area contributed by atoms with E-state index in [-0.39, 0.29) is 0 Å². The average molecular weight is 250 g/mol. The van der Waals surface area contributed by atoms with Crippen LogP contribution in [0.5, 0.6) is 0 Å². The van der Waals surface area contributed by atoms with Gasteiger partial charge in [0, 0.05) is 19.6 Å². The molecule has 0 spiro atoms. The molecule has 0 aliphatic carbocycles. The molecule has 0 bridgehead atoms. The quantitative estimate of drug-likeness (QED) is 0.847. The molecule has 4 nitrogen and oxygen atoms in total. The first-order valence-corrected chi connectivity index (χ1v) is 5.78. The summed E-state index contributed by atoms with van der Waals surface area (Å²) in [5, 5.41) is 11.4. The van der Waals surface area contributed by atoms with Gasteiger partial charge in [-0.15, -0.1) is 0 Å². The highest BCUT2D eigenvalue weighted by molar-refractivity contribution is 5.81. The zero-order chi connectivity index (χ0) is 13.3.